The molecule has 3 heterocycles. The highest BCUT2D eigenvalue weighted by Crippen LogP contribution is 2.41. The number of fused-ring (bicyclic) bond motifs is 1. The van der Waals surface area contributed by atoms with E-state index < -0.39 is 0 Å². The average molecular weight is 432 g/mol. The number of ether oxygens (including phenoxy) is 1. The van der Waals surface area contributed by atoms with Gasteiger partial charge in [0, 0.05) is 39.1 Å². The number of carbonyl (C=O) groups excluding carboxylic acids is 1. The molecular formula is C21H29N5O3S. The van der Waals surface area contributed by atoms with E-state index in [0.717, 1.165) is 37.5 Å². The molecule has 0 radical (unpaired) electrons. The van der Waals surface area contributed by atoms with Crippen LogP contribution in [0.25, 0.3) is 0 Å². The number of aliphatic hydroxyl groups is 1. The molecule has 1 aromatic heterocycles. The number of carbonyl (C=O) groups is 1. The van der Waals surface area contributed by atoms with E-state index in [4.69, 9.17) is 4.74 Å². The Labute approximate surface area is 181 Å². The van der Waals surface area contributed by atoms with Crippen LogP contribution < -0.4 is 4.74 Å². The highest BCUT2D eigenvalue weighted by atomic mass is 32.2. The summed E-state index contributed by atoms with van der Waals surface area (Å²) in [6.07, 6.45) is 0.716. The predicted octanol–water partition coefficient (Wildman–Crippen LogP) is 1.70. The van der Waals surface area contributed by atoms with E-state index in [-0.39, 0.29) is 23.8 Å². The first-order chi connectivity index (χ1) is 14.6. The van der Waals surface area contributed by atoms with Gasteiger partial charge in [-0.3, -0.25) is 14.6 Å². The summed E-state index contributed by atoms with van der Waals surface area (Å²) in [5.74, 6) is 1.54. The van der Waals surface area contributed by atoms with E-state index in [1.807, 2.05) is 26.0 Å². The van der Waals surface area contributed by atoms with Crippen LogP contribution in [0.4, 0.5) is 0 Å². The van der Waals surface area contributed by atoms with Crippen LogP contribution in [-0.2, 0) is 6.42 Å². The molecule has 9 heteroatoms. The maximum atomic E-state index is 13.3. The quantitative estimate of drug-likeness (QED) is 0.676. The molecule has 0 amide bonds. The molecule has 1 saturated heterocycles. The van der Waals surface area contributed by atoms with Crippen LogP contribution in [0.1, 0.15) is 36.1 Å². The summed E-state index contributed by atoms with van der Waals surface area (Å²) in [6, 6.07) is 8.02. The average Bonchev–Trinajstić information content (AvgIpc) is 3.30. The number of β-amino-alcohol motifs (C(OH)–C–C–N with tert-alkyl or cyclic N) is 1. The Morgan fingerprint density at radius 1 is 1.20 bits per heavy atom. The number of piperazine rings is 1. The van der Waals surface area contributed by atoms with E-state index >= 15 is 0 Å². The van der Waals surface area contributed by atoms with Gasteiger partial charge in [0.2, 0.25) is 0 Å². The van der Waals surface area contributed by atoms with E-state index in [9.17, 15) is 9.90 Å². The number of hydrogen-bond donors (Lipinski definition) is 1. The Morgan fingerprint density at radius 3 is 2.53 bits per heavy atom. The number of aryl methyl sites for hydroxylation is 1. The van der Waals surface area contributed by atoms with E-state index in [0.29, 0.717) is 30.6 Å². The van der Waals surface area contributed by atoms with Crippen molar-refractivity contribution in [2.75, 3.05) is 45.9 Å². The minimum atomic E-state index is -0.284. The second kappa shape index (κ2) is 9.47. The standard InChI is InChI=1S/C21H29N5O3S/c1-3-17-22-21-26(23-17)20(28)19(30-21)18(15-5-7-16(8-6-15)29-4-2)25-11-9-24(10-12-25)13-14-27/h5-8,18-19,27H,3-4,9-14H2,1-2H3. The lowest BCUT2D eigenvalue weighted by molar-refractivity contribution is 0.0688. The van der Waals surface area contributed by atoms with Crippen LogP contribution in [0.15, 0.2) is 29.4 Å². The minimum Gasteiger partial charge on any atom is -0.494 e. The van der Waals surface area contributed by atoms with Crippen molar-refractivity contribution >= 4 is 17.7 Å². The number of benzene rings is 1. The molecule has 30 heavy (non-hydrogen) atoms. The lowest BCUT2D eigenvalue weighted by atomic mass is 9.99. The molecule has 8 nitrogen and oxygen atoms in total. The van der Waals surface area contributed by atoms with Crippen LogP contribution >= 0.6 is 11.8 Å². The molecule has 2 unspecified atom stereocenters. The highest BCUT2D eigenvalue weighted by Gasteiger charge is 2.43. The van der Waals surface area contributed by atoms with Crippen LogP contribution in [0.5, 0.6) is 5.75 Å². The summed E-state index contributed by atoms with van der Waals surface area (Å²) in [5, 5.41) is 14.0. The summed E-state index contributed by atoms with van der Waals surface area (Å²) in [4.78, 5) is 22.4. The van der Waals surface area contributed by atoms with E-state index in [1.165, 1.54) is 16.4 Å². The Kier molecular flexibility index (Phi) is 6.72. The number of hydrogen-bond acceptors (Lipinski definition) is 8. The Hall–Kier alpha value is -1.94. The summed E-state index contributed by atoms with van der Waals surface area (Å²) < 4.78 is 7.08. The largest absolute Gasteiger partial charge is 0.494 e. The topological polar surface area (TPSA) is 83.7 Å². The molecule has 2 aliphatic heterocycles. The number of thioether (sulfide) groups is 1. The number of aliphatic hydroxyl groups excluding tert-OH is 1. The van der Waals surface area contributed by atoms with Crippen molar-refractivity contribution in [2.45, 2.75) is 36.7 Å². The first-order valence-electron chi connectivity index (χ1n) is 10.6. The monoisotopic (exact) mass is 431 g/mol. The van der Waals surface area contributed by atoms with Crippen molar-refractivity contribution in [3.05, 3.63) is 35.7 Å². The molecule has 1 aromatic carbocycles. The summed E-state index contributed by atoms with van der Waals surface area (Å²) >= 11 is 1.52. The number of nitrogens with zero attached hydrogens (tertiary/aromatic N) is 5. The van der Waals surface area contributed by atoms with Crippen molar-refractivity contribution in [3.63, 3.8) is 0 Å². The fourth-order valence-corrected chi connectivity index (χ4v) is 5.38. The fourth-order valence-electron chi connectivity index (χ4n) is 4.10. The molecule has 0 bridgehead atoms. The highest BCUT2D eigenvalue weighted by molar-refractivity contribution is 8.00. The third-order valence-corrected chi connectivity index (χ3v) is 6.85. The van der Waals surface area contributed by atoms with Crippen molar-refractivity contribution in [1.82, 2.24) is 24.6 Å². The zero-order valence-corrected chi connectivity index (χ0v) is 18.3. The third kappa shape index (κ3) is 4.25. The second-order valence-corrected chi connectivity index (χ2v) is 8.61. The SMILES string of the molecule is CCOc1ccc(C(C2Sc3nc(CC)nn3C2=O)N2CCN(CCO)CC2)cc1. The molecule has 1 fully saturated rings. The van der Waals surface area contributed by atoms with Crippen LogP contribution in [0.2, 0.25) is 0 Å². The Morgan fingerprint density at radius 2 is 1.93 bits per heavy atom. The van der Waals surface area contributed by atoms with Crippen molar-refractivity contribution in [2.24, 2.45) is 0 Å². The van der Waals surface area contributed by atoms with Crippen molar-refractivity contribution in [1.29, 1.82) is 0 Å². The van der Waals surface area contributed by atoms with Gasteiger partial charge in [0.15, 0.2) is 11.0 Å². The fraction of sp³-hybridized carbons (Fsp3) is 0.571. The van der Waals surface area contributed by atoms with Gasteiger partial charge in [-0.05, 0) is 24.6 Å². The number of rotatable bonds is 8. The first-order valence-corrected chi connectivity index (χ1v) is 11.5. The number of aromatic nitrogens is 3. The normalized spacial score (nSPS) is 21.0. The molecule has 4 rings (SSSR count). The van der Waals surface area contributed by atoms with Gasteiger partial charge in [-0.15, -0.1) is 5.10 Å². The summed E-state index contributed by atoms with van der Waals surface area (Å²) in [7, 11) is 0. The van der Waals surface area contributed by atoms with E-state index in [1.54, 1.807) is 0 Å². The Bertz CT molecular complexity index is 864. The van der Waals surface area contributed by atoms with E-state index in [2.05, 4.69) is 32.0 Å². The van der Waals surface area contributed by atoms with Gasteiger partial charge < -0.3 is 9.84 Å². The molecule has 0 aliphatic carbocycles. The van der Waals surface area contributed by atoms with Gasteiger partial charge in [-0.25, -0.2) is 4.98 Å². The lowest BCUT2D eigenvalue weighted by Crippen LogP contribution is -2.50. The minimum absolute atomic E-state index is 0.00104. The Balaban J connectivity index is 1.59. The molecule has 1 N–H and O–H groups in total. The lowest BCUT2D eigenvalue weighted by Gasteiger charge is -2.40. The van der Waals surface area contributed by atoms with Crippen LogP contribution in [-0.4, -0.2) is 86.8 Å². The zero-order valence-electron chi connectivity index (χ0n) is 17.5. The van der Waals surface area contributed by atoms with Crippen molar-refractivity contribution in [3.8, 4) is 5.75 Å². The molecular weight excluding hydrogens is 402 g/mol. The van der Waals surface area contributed by atoms with Gasteiger partial charge in [0.05, 0.1) is 19.3 Å². The summed E-state index contributed by atoms with van der Waals surface area (Å²) in [6.45, 7) is 8.89. The zero-order chi connectivity index (χ0) is 21.1. The molecule has 2 aliphatic rings. The smallest absolute Gasteiger partial charge is 0.264 e. The van der Waals surface area contributed by atoms with Gasteiger partial charge in [-0.1, -0.05) is 30.8 Å². The first kappa shape index (κ1) is 21.3. The van der Waals surface area contributed by atoms with Gasteiger partial charge in [-0.2, -0.15) is 4.68 Å². The second-order valence-electron chi connectivity index (χ2n) is 7.50. The van der Waals surface area contributed by atoms with Crippen molar-refractivity contribution < 1.29 is 14.6 Å². The predicted molar refractivity (Wildman–Crippen MR) is 115 cm³/mol. The maximum Gasteiger partial charge on any atom is 0.264 e. The van der Waals surface area contributed by atoms with Gasteiger partial charge >= 0.3 is 0 Å². The molecule has 2 atom stereocenters. The third-order valence-electron chi connectivity index (χ3n) is 5.66. The molecule has 0 spiro atoms. The van der Waals surface area contributed by atoms with Gasteiger partial charge in [0.25, 0.3) is 5.91 Å². The maximum absolute atomic E-state index is 13.3. The molecule has 162 valence electrons. The van der Waals surface area contributed by atoms with Crippen LogP contribution in [0, 0.1) is 0 Å². The van der Waals surface area contributed by atoms with Gasteiger partial charge in [0.1, 0.15) is 11.0 Å². The molecule has 2 aromatic rings. The molecule has 0 saturated carbocycles. The van der Waals surface area contributed by atoms with Crippen LogP contribution in [0.3, 0.4) is 0 Å². The summed E-state index contributed by atoms with van der Waals surface area (Å²) in [5.41, 5.74) is 1.10.